The Morgan fingerprint density at radius 1 is 0.556 bits per heavy atom. The van der Waals surface area contributed by atoms with Crippen molar-refractivity contribution in [1.29, 1.82) is 0 Å². The highest BCUT2D eigenvalue weighted by Gasteiger charge is 2.37. The Hall–Kier alpha value is -5.80. The molecule has 1 aliphatic carbocycles. The van der Waals surface area contributed by atoms with Gasteiger partial charge in [-0.15, -0.1) is 0 Å². The van der Waals surface area contributed by atoms with Gasteiger partial charge in [0.1, 0.15) is 23.0 Å². The molecule has 0 saturated carbocycles. The summed E-state index contributed by atoms with van der Waals surface area (Å²) in [7, 11) is 0. The average Bonchev–Trinajstić information content (AvgIpc) is 3.68. The van der Waals surface area contributed by atoms with Gasteiger partial charge in [-0.25, -0.2) is 0 Å². The van der Waals surface area contributed by atoms with E-state index in [1.807, 2.05) is 18.2 Å². The van der Waals surface area contributed by atoms with Crippen LogP contribution < -0.4 is 10.1 Å². The average molecular weight is 580 g/mol. The number of rotatable bonds is 5. The van der Waals surface area contributed by atoms with Crippen molar-refractivity contribution in [1.82, 2.24) is 0 Å². The van der Waals surface area contributed by atoms with Gasteiger partial charge in [0.2, 0.25) is 0 Å². The number of furan rings is 1. The third-order valence-corrected chi connectivity index (χ3v) is 9.08. The summed E-state index contributed by atoms with van der Waals surface area (Å²) < 4.78 is 13.1. The van der Waals surface area contributed by atoms with E-state index in [0.29, 0.717) is 0 Å². The van der Waals surface area contributed by atoms with Gasteiger partial charge in [0.15, 0.2) is 0 Å². The van der Waals surface area contributed by atoms with E-state index in [9.17, 15) is 0 Å². The van der Waals surface area contributed by atoms with Crippen LogP contribution in [0.4, 0.5) is 11.4 Å². The van der Waals surface area contributed by atoms with Crippen LogP contribution in [0.3, 0.4) is 0 Å². The summed E-state index contributed by atoms with van der Waals surface area (Å²) >= 11 is 0. The maximum absolute atomic E-state index is 6.77. The summed E-state index contributed by atoms with van der Waals surface area (Å²) in [4.78, 5) is 0. The highest BCUT2D eigenvalue weighted by molar-refractivity contribution is 6.10. The SMILES string of the molecule is C1=CC(c2ccc(Nc3ccccc3-c3cccc4c3oc3ccccc34)cc2)C2Oc3c(cccc3-c3ccccc3)C2=C1. The zero-order valence-corrected chi connectivity index (χ0v) is 24.5. The third-order valence-electron chi connectivity index (χ3n) is 9.08. The molecule has 0 fully saturated rings. The number of para-hydroxylation sites is 4. The van der Waals surface area contributed by atoms with Gasteiger partial charge in [0, 0.05) is 55.9 Å². The Bertz CT molecular complexity index is 2270. The van der Waals surface area contributed by atoms with E-state index in [4.69, 9.17) is 9.15 Å². The first-order valence-electron chi connectivity index (χ1n) is 15.4. The van der Waals surface area contributed by atoms with Crippen molar-refractivity contribution < 1.29 is 9.15 Å². The summed E-state index contributed by atoms with van der Waals surface area (Å²) in [6, 6.07) is 48.7. The number of ether oxygens (including phenoxy) is 1. The van der Waals surface area contributed by atoms with E-state index in [-0.39, 0.29) is 12.0 Å². The Kier molecular flexibility index (Phi) is 5.95. The lowest BCUT2D eigenvalue weighted by Crippen LogP contribution is -2.23. The molecule has 1 aromatic heterocycles. The lowest BCUT2D eigenvalue weighted by Gasteiger charge is -2.25. The van der Waals surface area contributed by atoms with E-state index in [2.05, 4.69) is 145 Å². The van der Waals surface area contributed by atoms with Crippen molar-refractivity contribution in [2.75, 3.05) is 5.32 Å². The van der Waals surface area contributed by atoms with Crippen LogP contribution >= 0.6 is 0 Å². The van der Waals surface area contributed by atoms with Gasteiger partial charge in [0.25, 0.3) is 0 Å². The molecule has 214 valence electrons. The zero-order chi connectivity index (χ0) is 29.7. The van der Waals surface area contributed by atoms with Crippen molar-refractivity contribution in [3.8, 4) is 28.0 Å². The molecule has 1 aliphatic heterocycles. The highest BCUT2D eigenvalue weighted by atomic mass is 16.5. The van der Waals surface area contributed by atoms with Gasteiger partial charge >= 0.3 is 0 Å². The molecule has 0 spiro atoms. The molecule has 0 bridgehead atoms. The minimum Gasteiger partial charge on any atom is -0.483 e. The van der Waals surface area contributed by atoms with Crippen LogP contribution in [0.5, 0.6) is 5.75 Å². The van der Waals surface area contributed by atoms with Crippen molar-refractivity contribution in [3.63, 3.8) is 0 Å². The predicted molar refractivity (Wildman–Crippen MR) is 185 cm³/mol. The number of nitrogens with one attached hydrogen (secondary N) is 1. The summed E-state index contributed by atoms with van der Waals surface area (Å²) in [6.45, 7) is 0. The maximum Gasteiger partial charge on any atom is 0.143 e. The molecule has 2 heterocycles. The normalized spacial score (nSPS) is 16.7. The molecule has 3 nitrogen and oxygen atoms in total. The fourth-order valence-electron chi connectivity index (χ4n) is 6.93. The van der Waals surface area contributed by atoms with E-state index >= 15 is 0 Å². The van der Waals surface area contributed by atoms with Crippen LogP contribution in [0.1, 0.15) is 17.0 Å². The maximum atomic E-state index is 6.77. The first-order valence-corrected chi connectivity index (χ1v) is 15.4. The monoisotopic (exact) mass is 579 g/mol. The molecular formula is C42H29NO2. The first kappa shape index (κ1) is 25.7. The van der Waals surface area contributed by atoms with Gasteiger partial charge < -0.3 is 14.5 Å². The van der Waals surface area contributed by atoms with E-state index in [0.717, 1.165) is 55.8 Å². The molecule has 0 saturated heterocycles. The molecular weight excluding hydrogens is 550 g/mol. The van der Waals surface area contributed by atoms with Crippen molar-refractivity contribution >= 4 is 38.9 Å². The van der Waals surface area contributed by atoms with E-state index in [1.54, 1.807) is 0 Å². The van der Waals surface area contributed by atoms with Gasteiger partial charge in [-0.2, -0.15) is 0 Å². The molecule has 45 heavy (non-hydrogen) atoms. The standard InChI is InChI=1S/C42H29NO2/c1-2-11-27(12-3-1)30-15-8-19-36-37-20-9-16-31(41(37)45-40(30)36)28-23-25-29(26-24-28)43-38-21-6-4-13-32(38)34-17-10-18-35-33-14-5-7-22-39(33)44-42(34)35/h1-26,31,41,43H. The smallest absolute Gasteiger partial charge is 0.143 e. The Labute approximate surface area is 261 Å². The fourth-order valence-corrected chi connectivity index (χ4v) is 6.93. The Balaban J connectivity index is 1.01. The molecule has 0 radical (unpaired) electrons. The van der Waals surface area contributed by atoms with E-state index < -0.39 is 0 Å². The molecule has 0 amide bonds. The van der Waals surface area contributed by atoms with Crippen molar-refractivity contribution in [2.45, 2.75) is 12.0 Å². The van der Waals surface area contributed by atoms with E-state index in [1.165, 1.54) is 22.3 Å². The second kappa shape index (κ2) is 10.4. The summed E-state index contributed by atoms with van der Waals surface area (Å²) in [5.41, 5.74) is 12.0. The second-order valence-electron chi connectivity index (χ2n) is 11.7. The quantitative estimate of drug-likeness (QED) is 0.220. The second-order valence-corrected chi connectivity index (χ2v) is 11.7. The van der Waals surface area contributed by atoms with Crippen molar-refractivity contribution in [2.24, 2.45) is 0 Å². The molecule has 7 aromatic rings. The number of hydrogen-bond donors (Lipinski definition) is 1. The molecule has 1 N–H and O–H groups in total. The van der Waals surface area contributed by atoms with Crippen LogP contribution in [0.25, 0.3) is 49.8 Å². The number of allylic oxidation sites excluding steroid dienone is 2. The highest BCUT2D eigenvalue weighted by Crippen LogP contribution is 2.49. The molecule has 3 heteroatoms. The molecule has 6 aromatic carbocycles. The van der Waals surface area contributed by atoms with Gasteiger partial charge in [-0.1, -0.05) is 133 Å². The van der Waals surface area contributed by atoms with Crippen LogP contribution in [0.2, 0.25) is 0 Å². The molecule has 2 aliphatic rings. The minimum atomic E-state index is -0.0568. The van der Waals surface area contributed by atoms with Gasteiger partial charge in [-0.05, 0) is 35.4 Å². The fraction of sp³-hybridized carbons (Fsp3) is 0.0476. The van der Waals surface area contributed by atoms with Gasteiger partial charge in [0.05, 0.1) is 0 Å². The first-order chi connectivity index (χ1) is 22.3. The summed E-state index contributed by atoms with van der Waals surface area (Å²) in [5.74, 6) is 1.09. The van der Waals surface area contributed by atoms with Crippen LogP contribution in [-0.4, -0.2) is 6.10 Å². The summed E-state index contributed by atoms with van der Waals surface area (Å²) in [6.07, 6.45) is 6.58. The summed E-state index contributed by atoms with van der Waals surface area (Å²) in [5, 5.41) is 5.95. The number of fused-ring (bicyclic) bond motifs is 6. The zero-order valence-electron chi connectivity index (χ0n) is 24.5. The lowest BCUT2D eigenvalue weighted by atomic mass is 9.84. The Morgan fingerprint density at radius 3 is 2.18 bits per heavy atom. The van der Waals surface area contributed by atoms with Crippen molar-refractivity contribution in [3.05, 3.63) is 169 Å². The largest absolute Gasteiger partial charge is 0.483 e. The lowest BCUT2D eigenvalue weighted by molar-refractivity contribution is 0.259. The van der Waals surface area contributed by atoms with Crippen LogP contribution in [0, 0.1) is 0 Å². The van der Waals surface area contributed by atoms with Crippen LogP contribution in [-0.2, 0) is 0 Å². The van der Waals surface area contributed by atoms with Crippen LogP contribution in [0.15, 0.2) is 162 Å². The minimum absolute atomic E-state index is 0.0568. The number of anilines is 2. The third kappa shape index (κ3) is 4.28. The molecule has 2 atom stereocenters. The topological polar surface area (TPSA) is 34.4 Å². The number of hydrogen-bond acceptors (Lipinski definition) is 3. The molecule has 9 rings (SSSR count). The Morgan fingerprint density at radius 2 is 1.27 bits per heavy atom. The predicted octanol–water partition coefficient (Wildman–Crippen LogP) is 11.2. The molecule has 2 unspecified atom stereocenters. The van der Waals surface area contributed by atoms with Gasteiger partial charge in [-0.3, -0.25) is 0 Å². The number of benzene rings is 6.